The number of ether oxygens (including phenoxy) is 2. The highest BCUT2D eigenvalue weighted by Crippen LogP contribution is 2.28. The van der Waals surface area contributed by atoms with Crippen LogP contribution in [0.4, 0.5) is 11.8 Å². The van der Waals surface area contributed by atoms with E-state index in [4.69, 9.17) is 9.47 Å². The topological polar surface area (TPSA) is 104 Å². The van der Waals surface area contributed by atoms with Crippen LogP contribution in [0.1, 0.15) is 17.3 Å². The molecule has 0 spiro atoms. The average Bonchev–Trinajstić information content (AvgIpc) is 3.34. The van der Waals surface area contributed by atoms with Gasteiger partial charge in [0.25, 0.3) is 0 Å². The molecule has 0 radical (unpaired) electrons. The molecule has 0 saturated carbocycles. The Morgan fingerprint density at radius 1 is 1.27 bits per heavy atom. The second-order valence-corrected chi connectivity index (χ2v) is 7.55. The highest BCUT2D eigenvalue weighted by atomic mass is 32.2. The summed E-state index contributed by atoms with van der Waals surface area (Å²) in [6, 6.07) is 7.71. The largest absolute Gasteiger partial charge is 0.497 e. The first-order chi connectivity index (χ1) is 14.6. The summed E-state index contributed by atoms with van der Waals surface area (Å²) in [7, 11) is 1.63. The van der Waals surface area contributed by atoms with Crippen molar-refractivity contribution < 1.29 is 14.3 Å². The van der Waals surface area contributed by atoms with E-state index in [1.54, 1.807) is 18.5 Å². The number of carbonyl (C=O) groups is 1. The Kier molecular flexibility index (Phi) is 5.81. The molecule has 1 N–H and O–H groups in total. The zero-order valence-corrected chi connectivity index (χ0v) is 18.1. The number of aromatic nitrogens is 5. The van der Waals surface area contributed by atoms with Crippen LogP contribution in [0.3, 0.4) is 0 Å². The minimum absolute atomic E-state index is 0.225. The highest BCUT2D eigenvalue weighted by molar-refractivity contribution is 7.98. The Balaban J connectivity index is 1.68. The van der Waals surface area contributed by atoms with Gasteiger partial charge in [0.2, 0.25) is 10.9 Å². The fraction of sp³-hybridized carbons (Fsp3) is 0.211. The number of anilines is 2. The van der Waals surface area contributed by atoms with E-state index >= 15 is 0 Å². The van der Waals surface area contributed by atoms with E-state index < -0.39 is 5.97 Å². The molecule has 0 saturated heterocycles. The van der Waals surface area contributed by atoms with Crippen molar-refractivity contribution in [2.45, 2.75) is 12.1 Å². The first-order valence-corrected chi connectivity index (χ1v) is 11.1. The lowest BCUT2D eigenvalue weighted by molar-refractivity contribution is 0.0526. The maximum absolute atomic E-state index is 12.3. The molecule has 0 aliphatic carbocycles. The van der Waals surface area contributed by atoms with Crippen molar-refractivity contribution in [2.75, 3.05) is 25.3 Å². The minimum Gasteiger partial charge on any atom is -0.497 e. The van der Waals surface area contributed by atoms with Gasteiger partial charge >= 0.3 is 5.97 Å². The number of thioether (sulfide) groups is 1. The molecular formula is C19H18N6O3S2. The smallest absolute Gasteiger partial charge is 0.343 e. The van der Waals surface area contributed by atoms with Crippen LogP contribution in [-0.2, 0) is 4.74 Å². The van der Waals surface area contributed by atoms with Crippen LogP contribution in [0, 0.1) is 0 Å². The Morgan fingerprint density at radius 3 is 2.77 bits per heavy atom. The molecule has 3 heterocycles. The fourth-order valence-corrected chi connectivity index (χ4v) is 3.89. The van der Waals surface area contributed by atoms with E-state index in [1.165, 1.54) is 29.3 Å². The van der Waals surface area contributed by atoms with Crippen LogP contribution < -0.4 is 10.1 Å². The summed E-state index contributed by atoms with van der Waals surface area (Å²) < 4.78 is 12.1. The van der Waals surface area contributed by atoms with Crippen LogP contribution in [0.15, 0.2) is 41.0 Å². The molecule has 4 aromatic rings. The highest BCUT2D eigenvalue weighted by Gasteiger charge is 2.19. The number of nitrogens with zero attached hydrogens (tertiary/aromatic N) is 5. The molecule has 154 valence electrons. The Morgan fingerprint density at radius 2 is 2.07 bits per heavy atom. The SMILES string of the molecule is CCOC(=O)c1cnc(SC)nc1Nc1nc2scc(-c3ccc(OC)cc3)n2n1. The third-order valence-corrected chi connectivity index (χ3v) is 5.52. The van der Waals surface area contributed by atoms with Crippen molar-refractivity contribution in [1.82, 2.24) is 24.6 Å². The molecule has 30 heavy (non-hydrogen) atoms. The molecule has 0 aliphatic heterocycles. The molecule has 3 aromatic heterocycles. The van der Waals surface area contributed by atoms with Gasteiger partial charge < -0.3 is 14.8 Å². The molecular weight excluding hydrogens is 424 g/mol. The van der Waals surface area contributed by atoms with Crippen molar-refractivity contribution in [3.8, 4) is 17.0 Å². The van der Waals surface area contributed by atoms with E-state index in [0.717, 1.165) is 17.0 Å². The first kappa shape index (κ1) is 20.1. The second-order valence-electron chi connectivity index (χ2n) is 5.94. The predicted molar refractivity (Wildman–Crippen MR) is 116 cm³/mol. The molecule has 9 nitrogen and oxygen atoms in total. The predicted octanol–water partition coefficient (Wildman–Crippen LogP) is 3.90. The maximum atomic E-state index is 12.3. The van der Waals surface area contributed by atoms with Crippen molar-refractivity contribution in [2.24, 2.45) is 0 Å². The normalized spacial score (nSPS) is 10.9. The number of thiazole rings is 1. The van der Waals surface area contributed by atoms with Gasteiger partial charge in [-0.3, -0.25) is 0 Å². The number of methoxy groups -OCH3 is 1. The molecule has 0 amide bonds. The number of carbonyl (C=O) groups excluding carboxylic acids is 1. The average molecular weight is 443 g/mol. The van der Waals surface area contributed by atoms with Gasteiger partial charge in [-0.2, -0.15) is 4.98 Å². The molecule has 11 heteroatoms. The van der Waals surface area contributed by atoms with Crippen LogP contribution in [0.5, 0.6) is 5.75 Å². The van der Waals surface area contributed by atoms with Gasteiger partial charge in [-0.1, -0.05) is 11.8 Å². The molecule has 0 unspecified atom stereocenters. The summed E-state index contributed by atoms with van der Waals surface area (Å²) >= 11 is 2.83. The van der Waals surface area contributed by atoms with Crippen molar-refractivity contribution >= 4 is 45.8 Å². The molecule has 0 aliphatic rings. The maximum Gasteiger partial charge on any atom is 0.343 e. The number of esters is 1. The third kappa shape index (κ3) is 3.94. The number of hydrogen-bond acceptors (Lipinski definition) is 10. The molecule has 0 atom stereocenters. The van der Waals surface area contributed by atoms with Gasteiger partial charge in [-0.05, 0) is 37.4 Å². The number of hydrogen-bond donors (Lipinski definition) is 1. The Bertz CT molecular complexity index is 1190. The first-order valence-electron chi connectivity index (χ1n) is 8.96. The summed E-state index contributed by atoms with van der Waals surface area (Å²) in [6.45, 7) is 2.00. The van der Waals surface area contributed by atoms with Crippen molar-refractivity contribution in [3.63, 3.8) is 0 Å². The van der Waals surface area contributed by atoms with Gasteiger partial charge in [0.1, 0.15) is 11.3 Å². The summed E-state index contributed by atoms with van der Waals surface area (Å²) in [5.41, 5.74) is 2.11. The Hall–Kier alpha value is -3.18. The third-order valence-electron chi connectivity index (χ3n) is 4.14. The van der Waals surface area contributed by atoms with Crippen molar-refractivity contribution in [1.29, 1.82) is 0 Å². The number of nitrogens with one attached hydrogen (secondary N) is 1. The van der Waals surface area contributed by atoms with Crippen molar-refractivity contribution in [3.05, 3.63) is 41.4 Å². The monoisotopic (exact) mass is 442 g/mol. The van der Waals surface area contributed by atoms with Gasteiger partial charge in [0.15, 0.2) is 11.0 Å². The zero-order valence-electron chi connectivity index (χ0n) is 16.4. The molecule has 0 fully saturated rings. The summed E-state index contributed by atoms with van der Waals surface area (Å²) in [6.07, 6.45) is 3.30. The van der Waals surface area contributed by atoms with E-state index in [1.807, 2.05) is 35.9 Å². The van der Waals surface area contributed by atoms with E-state index in [-0.39, 0.29) is 12.2 Å². The molecule has 4 rings (SSSR count). The number of fused-ring (bicyclic) bond motifs is 1. The number of benzene rings is 1. The summed E-state index contributed by atoms with van der Waals surface area (Å²) in [5, 5.41) is 10.1. The van der Waals surface area contributed by atoms with E-state index in [9.17, 15) is 4.79 Å². The van der Waals surface area contributed by atoms with Crippen LogP contribution in [0.25, 0.3) is 16.2 Å². The minimum atomic E-state index is -0.507. The number of rotatable bonds is 7. The lowest BCUT2D eigenvalue weighted by Crippen LogP contribution is -2.11. The Labute approximate surface area is 180 Å². The summed E-state index contributed by atoms with van der Waals surface area (Å²) in [4.78, 5) is 26.0. The van der Waals surface area contributed by atoms with Gasteiger partial charge in [-0.15, -0.1) is 16.4 Å². The lowest BCUT2D eigenvalue weighted by Gasteiger charge is -2.08. The lowest BCUT2D eigenvalue weighted by atomic mass is 10.2. The van der Waals surface area contributed by atoms with E-state index in [2.05, 4.69) is 25.4 Å². The molecule has 1 aromatic carbocycles. The van der Waals surface area contributed by atoms with Crippen LogP contribution >= 0.6 is 23.1 Å². The van der Waals surface area contributed by atoms with Crippen LogP contribution in [0.2, 0.25) is 0 Å². The van der Waals surface area contributed by atoms with Gasteiger partial charge in [0, 0.05) is 17.1 Å². The van der Waals surface area contributed by atoms with Gasteiger partial charge in [0.05, 0.1) is 19.4 Å². The fourth-order valence-electron chi connectivity index (χ4n) is 2.72. The second kappa shape index (κ2) is 8.67. The van der Waals surface area contributed by atoms with Crippen LogP contribution in [-0.4, -0.2) is 50.5 Å². The summed E-state index contributed by atoms with van der Waals surface area (Å²) in [5.74, 6) is 0.906. The standard InChI is InChI=1S/C19H18N6O3S2/c1-4-28-16(26)13-9-20-18(29-3)22-15(13)21-17-23-19-25(24-17)14(10-30-19)11-5-7-12(27-2)8-6-11/h5-10H,4H2,1-3H3,(H,20,21,22,24). The van der Waals surface area contributed by atoms with Gasteiger partial charge in [-0.25, -0.2) is 19.3 Å². The zero-order chi connectivity index (χ0) is 21.1. The van der Waals surface area contributed by atoms with E-state index in [0.29, 0.717) is 21.9 Å². The molecule has 0 bridgehead atoms. The quantitative estimate of drug-likeness (QED) is 0.259.